The van der Waals surface area contributed by atoms with Crippen LogP contribution in [0.25, 0.3) is 0 Å². The summed E-state index contributed by atoms with van der Waals surface area (Å²) in [4.78, 5) is 7.25. The molecule has 1 rings (SSSR count). The van der Waals surface area contributed by atoms with E-state index in [1.54, 1.807) is 0 Å². The van der Waals surface area contributed by atoms with Crippen molar-refractivity contribution in [2.75, 3.05) is 40.5 Å². The first-order valence-corrected chi connectivity index (χ1v) is 5.02. The number of rotatable bonds is 0. The Morgan fingerprint density at radius 3 is 2.00 bits per heavy atom. The fraction of sp³-hybridized carbons (Fsp3) is 1.00. The molecule has 0 N–H and O–H groups in total. The fourth-order valence-corrected chi connectivity index (χ4v) is 1.73. The second kappa shape index (κ2) is 3.95. The number of nitrogens with zero attached hydrogens (tertiary/aromatic N) is 3. The maximum Gasteiger partial charge on any atom is 0.0520 e. The van der Waals surface area contributed by atoms with Gasteiger partial charge in [0.2, 0.25) is 0 Å². The Bertz CT molecular complexity index is 162. The van der Waals surface area contributed by atoms with Gasteiger partial charge in [0.15, 0.2) is 0 Å². The van der Waals surface area contributed by atoms with E-state index < -0.39 is 0 Å². The lowest BCUT2D eigenvalue weighted by Crippen LogP contribution is -2.46. The molecule has 1 fully saturated rings. The first-order valence-electron chi connectivity index (χ1n) is 5.02. The predicted octanol–water partition coefficient (Wildman–Crippen LogP) is 0.879. The molecule has 0 spiro atoms. The van der Waals surface area contributed by atoms with Crippen LogP contribution >= 0.6 is 0 Å². The molecule has 13 heavy (non-hydrogen) atoms. The van der Waals surface area contributed by atoms with Crippen molar-refractivity contribution in [1.29, 1.82) is 0 Å². The predicted molar refractivity (Wildman–Crippen MR) is 56.6 cm³/mol. The van der Waals surface area contributed by atoms with Crippen molar-refractivity contribution in [3.05, 3.63) is 0 Å². The highest BCUT2D eigenvalue weighted by Gasteiger charge is 2.24. The number of hydrogen-bond donors (Lipinski definition) is 0. The summed E-state index contributed by atoms with van der Waals surface area (Å²) < 4.78 is 0. The maximum absolute atomic E-state index is 2.52. The van der Waals surface area contributed by atoms with E-state index >= 15 is 0 Å². The quantitative estimate of drug-likeness (QED) is 0.555. The molecule has 0 aromatic rings. The van der Waals surface area contributed by atoms with Gasteiger partial charge in [-0.2, -0.15) is 0 Å². The van der Waals surface area contributed by atoms with Crippen molar-refractivity contribution in [2.45, 2.75) is 26.3 Å². The van der Waals surface area contributed by atoms with Crippen LogP contribution in [-0.2, 0) is 0 Å². The van der Waals surface area contributed by atoms with Crippen LogP contribution in [0.1, 0.15) is 20.8 Å². The van der Waals surface area contributed by atoms with Gasteiger partial charge < -0.3 is 0 Å². The lowest BCUT2D eigenvalue weighted by molar-refractivity contribution is 0.0856. The average Bonchev–Trinajstić information content (AvgIpc) is 2.09. The lowest BCUT2D eigenvalue weighted by Gasteiger charge is -2.36. The monoisotopic (exact) mass is 185 g/mol. The summed E-state index contributed by atoms with van der Waals surface area (Å²) in [6.07, 6.45) is 0. The van der Waals surface area contributed by atoms with E-state index in [-0.39, 0.29) is 0 Å². The molecule has 0 aromatic carbocycles. The molecule has 1 aliphatic heterocycles. The molecule has 0 aromatic heterocycles. The van der Waals surface area contributed by atoms with Gasteiger partial charge in [-0.3, -0.25) is 14.7 Å². The maximum atomic E-state index is 2.52. The van der Waals surface area contributed by atoms with E-state index in [0.29, 0.717) is 5.54 Å². The molecular formula is C10H23N3. The van der Waals surface area contributed by atoms with Crippen molar-refractivity contribution in [3.63, 3.8) is 0 Å². The van der Waals surface area contributed by atoms with Crippen molar-refractivity contribution >= 4 is 0 Å². The van der Waals surface area contributed by atoms with Gasteiger partial charge in [0.1, 0.15) is 0 Å². The second-order valence-electron chi connectivity index (χ2n) is 5.15. The Morgan fingerprint density at radius 1 is 0.846 bits per heavy atom. The number of hydrogen-bond acceptors (Lipinski definition) is 3. The Labute approximate surface area is 82.3 Å². The van der Waals surface area contributed by atoms with Crippen molar-refractivity contribution < 1.29 is 0 Å². The normalized spacial score (nSPS) is 24.7. The van der Waals surface area contributed by atoms with Crippen molar-refractivity contribution in [2.24, 2.45) is 0 Å². The third kappa shape index (κ3) is 3.25. The van der Waals surface area contributed by atoms with Gasteiger partial charge in [-0.15, -0.1) is 0 Å². The summed E-state index contributed by atoms with van der Waals surface area (Å²) in [6.45, 7) is 11.3. The van der Waals surface area contributed by atoms with Gasteiger partial charge in [-0.25, -0.2) is 0 Å². The van der Waals surface area contributed by atoms with Crippen LogP contribution in [0.15, 0.2) is 0 Å². The third-order valence-corrected chi connectivity index (χ3v) is 2.60. The van der Waals surface area contributed by atoms with Crippen LogP contribution in [0.4, 0.5) is 0 Å². The van der Waals surface area contributed by atoms with Crippen molar-refractivity contribution in [1.82, 2.24) is 14.7 Å². The standard InChI is InChI=1S/C10H23N3/c1-10(2,3)13-7-6-11(4)8-12(5)9-13/h6-9H2,1-5H3. The zero-order valence-electron chi connectivity index (χ0n) is 9.67. The molecule has 1 heterocycles. The fourth-order valence-electron chi connectivity index (χ4n) is 1.73. The SMILES string of the molecule is CN1CCN(C(C)(C)C)CN(C)C1. The van der Waals surface area contributed by atoms with Gasteiger partial charge >= 0.3 is 0 Å². The van der Waals surface area contributed by atoms with Crippen LogP contribution in [0.2, 0.25) is 0 Å². The Balaban J connectivity index is 2.58. The van der Waals surface area contributed by atoms with Gasteiger partial charge in [-0.05, 0) is 34.9 Å². The lowest BCUT2D eigenvalue weighted by atomic mass is 10.1. The molecule has 0 radical (unpaired) electrons. The average molecular weight is 185 g/mol. The molecule has 0 amide bonds. The summed E-state index contributed by atoms with van der Waals surface area (Å²) in [5.41, 5.74) is 0.291. The zero-order valence-corrected chi connectivity index (χ0v) is 9.67. The van der Waals surface area contributed by atoms with E-state index in [1.807, 2.05) is 0 Å². The molecule has 3 nitrogen and oxygen atoms in total. The molecule has 0 saturated carbocycles. The molecule has 1 aliphatic rings. The smallest absolute Gasteiger partial charge is 0.0520 e. The van der Waals surface area contributed by atoms with Gasteiger partial charge in [0.05, 0.1) is 13.3 Å². The zero-order chi connectivity index (χ0) is 10.1. The molecule has 0 aliphatic carbocycles. The Hall–Kier alpha value is -0.120. The van der Waals surface area contributed by atoms with Crippen LogP contribution < -0.4 is 0 Å². The molecule has 0 atom stereocenters. The van der Waals surface area contributed by atoms with E-state index in [1.165, 1.54) is 13.1 Å². The Kier molecular flexibility index (Phi) is 3.33. The largest absolute Gasteiger partial charge is 0.292 e. The Morgan fingerprint density at radius 2 is 1.46 bits per heavy atom. The first-order chi connectivity index (χ1) is 5.89. The summed E-state index contributed by atoms with van der Waals surface area (Å²) in [5, 5.41) is 0. The molecule has 1 saturated heterocycles. The van der Waals surface area contributed by atoms with Crippen LogP contribution in [0.3, 0.4) is 0 Å². The highest BCUT2D eigenvalue weighted by Crippen LogP contribution is 2.14. The van der Waals surface area contributed by atoms with Gasteiger partial charge in [-0.1, -0.05) is 0 Å². The van der Waals surface area contributed by atoms with E-state index in [9.17, 15) is 0 Å². The van der Waals surface area contributed by atoms with Gasteiger partial charge in [0, 0.05) is 18.6 Å². The minimum Gasteiger partial charge on any atom is -0.292 e. The highest BCUT2D eigenvalue weighted by molar-refractivity contribution is 4.78. The van der Waals surface area contributed by atoms with Gasteiger partial charge in [0.25, 0.3) is 0 Å². The van der Waals surface area contributed by atoms with Crippen LogP contribution in [-0.4, -0.2) is 60.8 Å². The molecular weight excluding hydrogens is 162 g/mol. The van der Waals surface area contributed by atoms with Crippen LogP contribution in [0.5, 0.6) is 0 Å². The first kappa shape index (κ1) is 11.0. The summed E-state index contributed by atoms with van der Waals surface area (Å²) in [5.74, 6) is 0. The summed E-state index contributed by atoms with van der Waals surface area (Å²) in [7, 11) is 4.36. The summed E-state index contributed by atoms with van der Waals surface area (Å²) >= 11 is 0. The topological polar surface area (TPSA) is 9.72 Å². The molecule has 3 heteroatoms. The van der Waals surface area contributed by atoms with E-state index in [0.717, 1.165) is 13.3 Å². The minimum atomic E-state index is 0.291. The minimum absolute atomic E-state index is 0.291. The second-order valence-corrected chi connectivity index (χ2v) is 5.15. The number of likely N-dealkylation sites (N-methyl/N-ethyl adjacent to an activating group) is 1. The molecule has 0 unspecified atom stereocenters. The van der Waals surface area contributed by atoms with E-state index in [2.05, 4.69) is 49.6 Å². The summed E-state index contributed by atoms with van der Waals surface area (Å²) in [6, 6.07) is 0. The van der Waals surface area contributed by atoms with Crippen LogP contribution in [0, 0.1) is 0 Å². The van der Waals surface area contributed by atoms with Crippen molar-refractivity contribution in [3.8, 4) is 0 Å². The van der Waals surface area contributed by atoms with E-state index in [4.69, 9.17) is 0 Å². The molecule has 0 bridgehead atoms. The third-order valence-electron chi connectivity index (χ3n) is 2.60. The highest BCUT2D eigenvalue weighted by atomic mass is 15.4. The molecule has 78 valence electrons.